The van der Waals surface area contributed by atoms with Gasteiger partial charge in [-0.2, -0.15) is 10.2 Å². The van der Waals surface area contributed by atoms with Crippen LogP contribution in [0.25, 0.3) is 16.5 Å². The van der Waals surface area contributed by atoms with Gasteiger partial charge in [0.05, 0.1) is 5.39 Å². The number of carbonyl (C=O) groups is 2. The molecule has 2 heterocycles. The predicted molar refractivity (Wildman–Crippen MR) is 127 cm³/mol. The lowest BCUT2D eigenvalue weighted by Crippen LogP contribution is -2.43. The van der Waals surface area contributed by atoms with Crippen LogP contribution in [0.1, 0.15) is 52.0 Å². The Morgan fingerprint density at radius 1 is 0.943 bits per heavy atom. The highest BCUT2D eigenvalue weighted by atomic mass is 19.1. The number of aryl methyl sites for hydroxylation is 1. The van der Waals surface area contributed by atoms with E-state index >= 15 is 0 Å². The molecule has 0 atom stereocenters. The van der Waals surface area contributed by atoms with Gasteiger partial charge in [-0.25, -0.2) is 13.8 Å². The number of fused-ring (bicyclic) bond motifs is 2. The van der Waals surface area contributed by atoms with Crippen molar-refractivity contribution >= 4 is 22.6 Å². The fraction of sp³-hybridized carbons (Fsp3) is 0.240. The summed E-state index contributed by atoms with van der Waals surface area (Å²) in [5.41, 5.74) is 6.46. The monoisotopic (exact) mass is 474 g/mol. The summed E-state index contributed by atoms with van der Waals surface area (Å²) in [5.74, 6) is -1.72. The first-order valence-corrected chi connectivity index (χ1v) is 11.5. The predicted octanol–water partition coefficient (Wildman–Crippen LogP) is 2.69. The molecule has 2 amide bonds. The number of hydrogen-bond donors (Lipinski definition) is 2. The minimum Gasteiger partial charge on any atom is -0.267 e. The Kier molecular flexibility index (Phi) is 5.86. The van der Waals surface area contributed by atoms with Crippen molar-refractivity contribution in [2.75, 3.05) is 0 Å². The maximum Gasteiger partial charge on any atom is 0.290 e. The summed E-state index contributed by atoms with van der Waals surface area (Å²) in [5, 5.41) is 9.36. The highest BCUT2D eigenvalue weighted by molar-refractivity contribution is 6.06. The van der Waals surface area contributed by atoms with Gasteiger partial charge in [0, 0.05) is 23.2 Å². The van der Waals surface area contributed by atoms with Crippen LogP contribution in [0.5, 0.6) is 0 Å². The van der Waals surface area contributed by atoms with E-state index in [0.717, 1.165) is 17.7 Å². The molecule has 1 aliphatic carbocycles. The van der Waals surface area contributed by atoms with Crippen molar-refractivity contribution in [3.8, 4) is 5.69 Å². The molecule has 0 radical (unpaired) electrons. The minimum absolute atomic E-state index is 0.0241. The van der Waals surface area contributed by atoms with Gasteiger partial charge < -0.3 is 0 Å². The summed E-state index contributed by atoms with van der Waals surface area (Å²) < 4.78 is 17.1. The number of halogens is 1. The molecule has 0 spiro atoms. The molecule has 2 N–H and O–H groups in total. The molecule has 0 unspecified atom stereocenters. The number of hydrogen-bond acceptors (Lipinski definition) is 5. The highest BCUT2D eigenvalue weighted by Crippen LogP contribution is 2.28. The Hall–Kier alpha value is -4.34. The smallest absolute Gasteiger partial charge is 0.267 e. The fourth-order valence-corrected chi connectivity index (χ4v) is 4.44. The Morgan fingerprint density at radius 3 is 2.37 bits per heavy atom. The first-order valence-electron chi connectivity index (χ1n) is 11.5. The van der Waals surface area contributed by atoms with Crippen LogP contribution >= 0.6 is 0 Å². The van der Waals surface area contributed by atoms with Gasteiger partial charge in [0.2, 0.25) is 0 Å². The average Bonchev–Trinajstić information content (AvgIpc) is 3.48. The number of carbonyl (C=O) groups excluding carboxylic acids is 2. The lowest BCUT2D eigenvalue weighted by molar-refractivity contribution is 0.0840. The number of aromatic nitrogens is 4. The topological polar surface area (TPSA) is 111 Å². The lowest BCUT2D eigenvalue weighted by atomic mass is 10.1. The highest BCUT2D eigenvalue weighted by Gasteiger charge is 2.28. The van der Waals surface area contributed by atoms with Gasteiger partial charge >= 0.3 is 0 Å². The van der Waals surface area contributed by atoms with Crippen molar-refractivity contribution in [2.24, 2.45) is 0 Å². The third-order valence-electron chi connectivity index (χ3n) is 6.03. The summed E-state index contributed by atoms with van der Waals surface area (Å²) in [6, 6.07) is 12.9. The Morgan fingerprint density at radius 2 is 1.63 bits per heavy atom. The number of hydrazine groups is 1. The zero-order valence-corrected chi connectivity index (χ0v) is 19.0. The van der Waals surface area contributed by atoms with E-state index in [2.05, 4.69) is 21.0 Å². The van der Waals surface area contributed by atoms with E-state index in [1.54, 1.807) is 42.5 Å². The van der Waals surface area contributed by atoms with E-state index in [9.17, 15) is 18.8 Å². The van der Waals surface area contributed by atoms with E-state index in [0.29, 0.717) is 36.6 Å². The van der Waals surface area contributed by atoms with Crippen LogP contribution in [0.3, 0.4) is 0 Å². The third-order valence-corrected chi connectivity index (χ3v) is 6.03. The second-order valence-corrected chi connectivity index (χ2v) is 8.32. The molecule has 5 rings (SSSR count). The normalized spacial score (nSPS) is 12.5. The second kappa shape index (κ2) is 9.13. The summed E-state index contributed by atoms with van der Waals surface area (Å²) in [4.78, 5) is 38.6. The zero-order chi connectivity index (χ0) is 24.5. The van der Waals surface area contributed by atoms with Crippen molar-refractivity contribution in [1.82, 2.24) is 30.4 Å². The van der Waals surface area contributed by atoms with Gasteiger partial charge in [-0.3, -0.25) is 25.2 Å². The van der Waals surface area contributed by atoms with Gasteiger partial charge in [-0.1, -0.05) is 37.3 Å². The van der Waals surface area contributed by atoms with Crippen molar-refractivity contribution in [1.29, 1.82) is 0 Å². The number of benzene rings is 2. The molecular formula is C25H23FN6O3. The fourth-order valence-electron chi connectivity index (χ4n) is 4.44. The van der Waals surface area contributed by atoms with Crippen LogP contribution in [0, 0.1) is 5.82 Å². The molecule has 2 aromatic heterocycles. The van der Waals surface area contributed by atoms with Gasteiger partial charge in [-0.15, -0.1) is 0 Å². The van der Waals surface area contributed by atoms with Gasteiger partial charge in [-0.05, 0) is 43.9 Å². The largest absolute Gasteiger partial charge is 0.290 e. The summed E-state index contributed by atoms with van der Waals surface area (Å²) in [6.07, 6.45) is 2.79. The number of nitrogens with zero attached hydrogens (tertiary/aromatic N) is 4. The van der Waals surface area contributed by atoms with Crippen molar-refractivity contribution in [3.05, 3.63) is 87.3 Å². The number of nitrogens with one attached hydrogen (secondary N) is 2. The quantitative estimate of drug-likeness (QED) is 0.432. The van der Waals surface area contributed by atoms with Crippen LogP contribution in [0.15, 0.2) is 53.3 Å². The summed E-state index contributed by atoms with van der Waals surface area (Å²) in [7, 11) is 0. The van der Waals surface area contributed by atoms with E-state index in [1.165, 1.54) is 15.4 Å². The van der Waals surface area contributed by atoms with Crippen molar-refractivity contribution in [3.63, 3.8) is 0 Å². The Labute approximate surface area is 199 Å². The van der Waals surface area contributed by atoms with Gasteiger partial charge in [0.1, 0.15) is 11.5 Å². The molecule has 0 saturated carbocycles. The Balaban J connectivity index is 1.42. The molecule has 9 nitrogen and oxygen atoms in total. The lowest BCUT2D eigenvalue weighted by Gasteiger charge is -2.11. The molecule has 0 bridgehead atoms. The van der Waals surface area contributed by atoms with E-state index in [4.69, 9.17) is 0 Å². The molecule has 0 saturated heterocycles. The molecule has 10 heteroatoms. The minimum atomic E-state index is -0.662. The molecule has 2 aromatic carbocycles. The van der Waals surface area contributed by atoms with Crippen molar-refractivity contribution in [2.45, 2.75) is 39.2 Å². The molecule has 4 aromatic rings. The van der Waals surface area contributed by atoms with Gasteiger partial charge in [0.25, 0.3) is 17.4 Å². The van der Waals surface area contributed by atoms with Crippen LogP contribution in [-0.2, 0) is 19.4 Å². The van der Waals surface area contributed by atoms with E-state index in [-0.39, 0.29) is 22.6 Å². The number of amides is 2. The van der Waals surface area contributed by atoms with Crippen LogP contribution in [0.2, 0.25) is 0 Å². The zero-order valence-electron chi connectivity index (χ0n) is 19.0. The van der Waals surface area contributed by atoms with Crippen LogP contribution in [0.4, 0.5) is 4.39 Å². The maximum atomic E-state index is 14.4. The van der Waals surface area contributed by atoms with Crippen LogP contribution < -0.4 is 16.4 Å². The van der Waals surface area contributed by atoms with Crippen LogP contribution in [-0.4, -0.2) is 31.4 Å². The average molecular weight is 474 g/mol. The summed E-state index contributed by atoms with van der Waals surface area (Å²) >= 11 is 0. The molecule has 1 aliphatic rings. The first-order chi connectivity index (χ1) is 17.0. The maximum absolute atomic E-state index is 14.4. The van der Waals surface area contributed by atoms with E-state index in [1.807, 2.05) is 6.92 Å². The second-order valence-electron chi connectivity index (χ2n) is 8.32. The first kappa shape index (κ1) is 22.5. The molecule has 178 valence electrons. The van der Waals surface area contributed by atoms with E-state index < -0.39 is 17.6 Å². The molecular weight excluding hydrogens is 451 g/mol. The number of para-hydroxylation sites is 1. The SMILES string of the molecule is CCCn1nc(C(=O)NNC(=O)c2nn(-c3ccccc3F)c3c2CCC3)c2ccccc2c1=O. The molecule has 0 fully saturated rings. The van der Waals surface area contributed by atoms with Gasteiger partial charge in [0.15, 0.2) is 11.4 Å². The number of rotatable bonds is 5. The molecule has 0 aliphatic heterocycles. The third kappa shape index (κ3) is 3.96. The summed E-state index contributed by atoms with van der Waals surface area (Å²) in [6.45, 7) is 2.26. The Bertz CT molecular complexity index is 1520. The van der Waals surface area contributed by atoms with Crippen molar-refractivity contribution < 1.29 is 14.0 Å². The standard InChI is InChI=1S/C25H23FN6O3/c1-2-14-31-25(35)16-9-4-3-8-15(16)21(29-31)23(33)27-28-24(34)22-17-10-7-13-19(17)32(30-22)20-12-6-5-11-18(20)26/h3-6,8-9,11-12H,2,7,10,13-14H2,1H3,(H,27,33)(H,28,34). The molecule has 35 heavy (non-hydrogen) atoms.